The molecule has 4 heteroatoms. The van der Waals surface area contributed by atoms with Crippen LogP contribution in [-0.4, -0.2) is 12.2 Å². The number of nitrogens with zero attached hydrogens (tertiary/aromatic N) is 2. The first-order chi connectivity index (χ1) is 11.2. The fourth-order valence-electron chi connectivity index (χ4n) is 2.70. The van der Waals surface area contributed by atoms with Crippen molar-refractivity contribution in [3.63, 3.8) is 0 Å². The highest BCUT2D eigenvalue weighted by Crippen LogP contribution is 2.28. The molecular weight excluding hydrogens is 288 g/mol. The Morgan fingerprint density at radius 1 is 0.870 bits per heavy atom. The molecule has 116 valence electrons. The van der Waals surface area contributed by atoms with Gasteiger partial charge in [-0.2, -0.15) is 9.98 Å². The van der Waals surface area contributed by atoms with Crippen molar-refractivity contribution >= 4 is 23.5 Å². The fourth-order valence-corrected chi connectivity index (χ4v) is 2.70. The molecular formula is C19H18N2O2. The summed E-state index contributed by atoms with van der Waals surface area (Å²) in [6.45, 7) is 4.09. The van der Waals surface area contributed by atoms with Gasteiger partial charge in [-0.05, 0) is 53.6 Å². The van der Waals surface area contributed by atoms with Gasteiger partial charge >= 0.3 is 0 Å². The minimum absolute atomic E-state index is 0.654. The van der Waals surface area contributed by atoms with Crippen molar-refractivity contribution in [1.29, 1.82) is 0 Å². The Bertz CT molecular complexity index is 799. The van der Waals surface area contributed by atoms with E-state index in [1.54, 1.807) is 12.2 Å². The van der Waals surface area contributed by atoms with Crippen LogP contribution >= 0.6 is 0 Å². The van der Waals surface area contributed by atoms with Gasteiger partial charge in [-0.3, -0.25) is 0 Å². The second-order valence-electron chi connectivity index (χ2n) is 5.17. The van der Waals surface area contributed by atoms with Crippen molar-refractivity contribution in [3.8, 4) is 0 Å². The molecule has 2 aromatic carbocycles. The number of isocyanates is 2. The normalized spacial score (nSPS) is 9.83. The van der Waals surface area contributed by atoms with Crippen molar-refractivity contribution in [1.82, 2.24) is 0 Å². The third-order valence-electron chi connectivity index (χ3n) is 3.87. The number of rotatable bonds is 6. The van der Waals surface area contributed by atoms with Crippen LogP contribution in [0.15, 0.2) is 46.4 Å². The molecule has 0 amide bonds. The zero-order valence-electron chi connectivity index (χ0n) is 13.3. The molecule has 23 heavy (non-hydrogen) atoms. The van der Waals surface area contributed by atoms with Gasteiger partial charge in [0.25, 0.3) is 0 Å². The van der Waals surface area contributed by atoms with E-state index in [1.807, 2.05) is 43.3 Å². The first-order valence-corrected chi connectivity index (χ1v) is 7.61. The zero-order valence-corrected chi connectivity index (χ0v) is 13.3. The number of hydrogen-bond donors (Lipinski definition) is 0. The molecule has 0 unspecified atom stereocenters. The van der Waals surface area contributed by atoms with Gasteiger partial charge in [-0.25, -0.2) is 9.59 Å². The summed E-state index contributed by atoms with van der Waals surface area (Å²) in [5.41, 5.74) is 5.60. The maximum absolute atomic E-state index is 10.7. The van der Waals surface area contributed by atoms with Crippen LogP contribution in [0.1, 0.15) is 36.1 Å². The first kappa shape index (κ1) is 16.6. The maximum atomic E-state index is 10.7. The second-order valence-corrected chi connectivity index (χ2v) is 5.17. The van der Waals surface area contributed by atoms with Gasteiger partial charge in [-0.15, -0.1) is 0 Å². The second kappa shape index (κ2) is 8.00. The summed E-state index contributed by atoms with van der Waals surface area (Å²) in [6.07, 6.45) is 5.53. The predicted octanol–water partition coefficient (Wildman–Crippen LogP) is 4.34. The van der Waals surface area contributed by atoms with Crippen molar-refractivity contribution in [3.05, 3.63) is 58.7 Å². The van der Waals surface area contributed by atoms with E-state index in [-0.39, 0.29) is 0 Å². The molecule has 0 fully saturated rings. The van der Waals surface area contributed by atoms with Crippen LogP contribution in [0, 0.1) is 0 Å². The van der Waals surface area contributed by atoms with Crippen LogP contribution in [0.4, 0.5) is 11.4 Å². The Balaban J connectivity index is 2.46. The lowest BCUT2D eigenvalue weighted by atomic mass is 9.95. The fraction of sp³-hybridized carbons (Fsp3) is 0.263. The number of hydrogen-bond acceptors (Lipinski definition) is 4. The Morgan fingerprint density at radius 2 is 1.57 bits per heavy atom. The predicted molar refractivity (Wildman–Crippen MR) is 90.0 cm³/mol. The average Bonchev–Trinajstić information content (AvgIpc) is 2.58. The van der Waals surface area contributed by atoms with Gasteiger partial charge in [0.2, 0.25) is 12.2 Å². The molecule has 0 aromatic heterocycles. The molecule has 0 saturated carbocycles. The van der Waals surface area contributed by atoms with Gasteiger partial charge in [0.1, 0.15) is 0 Å². The summed E-state index contributed by atoms with van der Waals surface area (Å²) in [4.78, 5) is 28.7. The van der Waals surface area contributed by atoms with Gasteiger partial charge in [0, 0.05) is 0 Å². The van der Waals surface area contributed by atoms with Gasteiger partial charge in [0.05, 0.1) is 11.4 Å². The van der Waals surface area contributed by atoms with Gasteiger partial charge < -0.3 is 0 Å². The Hall–Kier alpha value is -2.80. The highest BCUT2D eigenvalue weighted by atomic mass is 16.1. The molecule has 0 aliphatic heterocycles. The van der Waals surface area contributed by atoms with Crippen LogP contribution in [0.5, 0.6) is 0 Å². The smallest absolute Gasteiger partial charge is 0.211 e. The lowest BCUT2D eigenvalue weighted by molar-refractivity contribution is 0.564. The van der Waals surface area contributed by atoms with Crippen molar-refractivity contribution in [2.75, 3.05) is 0 Å². The average molecular weight is 306 g/mol. The summed E-state index contributed by atoms with van der Waals surface area (Å²) < 4.78 is 0. The minimum Gasteiger partial charge on any atom is -0.211 e. The lowest BCUT2D eigenvalue weighted by Gasteiger charge is -2.12. The van der Waals surface area contributed by atoms with Crippen LogP contribution in [-0.2, 0) is 28.9 Å². The van der Waals surface area contributed by atoms with E-state index in [0.717, 1.165) is 35.1 Å². The van der Waals surface area contributed by atoms with Crippen molar-refractivity contribution in [2.45, 2.75) is 33.1 Å². The van der Waals surface area contributed by atoms with E-state index in [2.05, 4.69) is 16.9 Å². The maximum Gasteiger partial charge on any atom is 0.240 e. The van der Waals surface area contributed by atoms with E-state index in [1.165, 1.54) is 0 Å². The van der Waals surface area contributed by atoms with E-state index in [0.29, 0.717) is 17.8 Å². The third-order valence-corrected chi connectivity index (χ3v) is 3.87. The SMILES string of the molecule is CCc1cc(Cc2c(CC)cccc2N=C=O)ccc1N=C=O. The quantitative estimate of drug-likeness (QED) is 0.589. The standard InChI is InChI=1S/C19H18N2O2/c1-3-15-6-5-7-19(21-13-23)17(15)11-14-8-9-18(20-12-22)16(4-2)10-14/h5-10H,3-4,11H2,1-2H3. The molecule has 0 saturated heterocycles. The van der Waals surface area contributed by atoms with Crippen LogP contribution in [0.25, 0.3) is 0 Å². The van der Waals surface area contributed by atoms with E-state index in [9.17, 15) is 9.59 Å². The summed E-state index contributed by atoms with van der Waals surface area (Å²) in [7, 11) is 0. The molecule has 0 aliphatic rings. The van der Waals surface area contributed by atoms with E-state index < -0.39 is 0 Å². The molecule has 2 aromatic rings. The summed E-state index contributed by atoms with van der Waals surface area (Å²) in [5.74, 6) is 0. The molecule has 4 nitrogen and oxygen atoms in total. The molecule has 0 aliphatic carbocycles. The van der Waals surface area contributed by atoms with Crippen LogP contribution in [0.3, 0.4) is 0 Å². The molecule has 0 radical (unpaired) electrons. The summed E-state index contributed by atoms with van der Waals surface area (Å²) >= 11 is 0. The van der Waals surface area contributed by atoms with Crippen LogP contribution < -0.4 is 0 Å². The summed E-state index contributed by atoms with van der Waals surface area (Å²) in [5, 5.41) is 0. The highest BCUT2D eigenvalue weighted by molar-refractivity contribution is 5.59. The number of benzene rings is 2. The first-order valence-electron chi connectivity index (χ1n) is 7.61. The molecule has 0 bridgehead atoms. The van der Waals surface area contributed by atoms with Gasteiger partial charge in [-0.1, -0.05) is 38.1 Å². The topological polar surface area (TPSA) is 58.9 Å². The monoisotopic (exact) mass is 306 g/mol. The van der Waals surface area contributed by atoms with Crippen LogP contribution in [0.2, 0.25) is 0 Å². The lowest BCUT2D eigenvalue weighted by Crippen LogP contribution is -1.96. The van der Waals surface area contributed by atoms with Crippen molar-refractivity contribution < 1.29 is 9.59 Å². The number of aryl methyl sites for hydroxylation is 2. The molecule has 0 N–H and O–H groups in total. The molecule has 2 rings (SSSR count). The Morgan fingerprint density at radius 3 is 2.22 bits per heavy atom. The zero-order chi connectivity index (χ0) is 16.7. The van der Waals surface area contributed by atoms with E-state index >= 15 is 0 Å². The number of carbonyl (C=O) groups excluding carboxylic acids is 2. The Kier molecular flexibility index (Phi) is 5.76. The van der Waals surface area contributed by atoms with Crippen molar-refractivity contribution in [2.24, 2.45) is 9.98 Å². The molecule has 0 heterocycles. The van der Waals surface area contributed by atoms with Gasteiger partial charge in [0.15, 0.2) is 0 Å². The Labute approximate surface area is 135 Å². The highest BCUT2D eigenvalue weighted by Gasteiger charge is 2.09. The number of aliphatic imine (C=N–C) groups is 2. The van der Waals surface area contributed by atoms with E-state index in [4.69, 9.17) is 0 Å². The molecule has 0 atom stereocenters. The summed E-state index contributed by atoms with van der Waals surface area (Å²) in [6, 6.07) is 11.6. The molecule has 0 spiro atoms. The third kappa shape index (κ3) is 3.89. The minimum atomic E-state index is 0.654. The largest absolute Gasteiger partial charge is 0.240 e.